The molecule has 0 fully saturated rings. The third-order valence-corrected chi connectivity index (χ3v) is 3.56. The minimum absolute atomic E-state index is 0.197. The summed E-state index contributed by atoms with van der Waals surface area (Å²) in [4.78, 5) is 12.2. The molecule has 1 aromatic heterocycles. The Balaban J connectivity index is 3.16. The number of carbonyl (C=O) groups excluding carboxylic acids is 1. The second-order valence-electron chi connectivity index (χ2n) is 3.83. The second-order valence-corrected chi connectivity index (χ2v) is 4.86. The van der Waals surface area contributed by atoms with Crippen LogP contribution in [0.15, 0.2) is 0 Å². The van der Waals surface area contributed by atoms with Gasteiger partial charge in [0.1, 0.15) is 21.5 Å². The van der Waals surface area contributed by atoms with Crippen molar-refractivity contribution in [3.8, 4) is 6.07 Å². The van der Waals surface area contributed by atoms with E-state index in [2.05, 4.69) is 5.32 Å². The molecular formula is C12H17N3O2S. The summed E-state index contributed by atoms with van der Waals surface area (Å²) >= 11 is 1.19. The molecule has 0 saturated heterocycles. The summed E-state index contributed by atoms with van der Waals surface area (Å²) in [5.41, 5.74) is 6.29. The van der Waals surface area contributed by atoms with Crippen molar-refractivity contribution >= 4 is 28.0 Å². The summed E-state index contributed by atoms with van der Waals surface area (Å²) in [6.07, 6.45) is 0.905. The maximum absolute atomic E-state index is 11.8. The molecule has 1 rings (SSSR count). The van der Waals surface area contributed by atoms with Crippen molar-refractivity contribution in [2.24, 2.45) is 0 Å². The molecule has 5 nitrogen and oxygen atoms in total. The Morgan fingerprint density at radius 3 is 2.78 bits per heavy atom. The van der Waals surface area contributed by atoms with Crippen molar-refractivity contribution in [2.75, 3.05) is 17.7 Å². The van der Waals surface area contributed by atoms with Crippen LogP contribution in [0.2, 0.25) is 0 Å². The maximum atomic E-state index is 11.8. The van der Waals surface area contributed by atoms with Gasteiger partial charge < -0.3 is 15.8 Å². The van der Waals surface area contributed by atoms with E-state index in [-0.39, 0.29) is 23.9 Å². The monoisotopic (exact) mass is 267 g/mol. The number of hydrogen-bond donors (Lipinski definition) is 2. The van der Waals surface area contributed by atoms with Crippen molar-refractivity contribution in [3.63, 3.8) is 0 Å². The van der Waals surface area contributed by atoms with E-state index in [1.165, 1.54) is 11.3 Å². The number of esters is 1. The normalized spacial score (nSPS) is 11.7. The van der Waals surface area contributed by atoms with Crippen LogP contribution in [0.4, 0.5) is 10.7 Å². The Morgan fingerprint density at radius 1 is 1.61 bits per heavy atom. The van der Waals surface area contributed by atoms with Gasteiger partial charge in [0.2, 0.25) is 0 Å². The van der Waals surface area contributed by atoms with Gasteiger partial charge in [-0.05, 0) is 20.3 Å². The standard InChI is InChI=1S/C12H17N3O2S/c1-4-7(3)15-11-9(12(16)17-5-2)10(14)8(6-13)18-11/h7,15H,4-5,14H2,1-3H3. The van der Waals surface area contributed by atoms with E-state index in [9.17, 15) is 4.79 Å². The number of carbonyl (C=O) groups is 1. The van der Waals surface area contributed by atoms with Crippen LogP contribution >= 0.6 is 11.3 Å². The third-order valence-electron chi connectivity index (χ3n) is 2.52. The minimum Gasteiger partial charge on any atom is -0.462 e. The van der Waals surface area contributed by atoms with Gasteiger partial charge in [0.05, 0.1) is 12.3 Å². The first-order valence-corrected chi connectivity index (χ1v) is 6.62. The number of anilines is 2. The summed E-state index contributed by atoms with van der Waals surface area (Å²) < 4.78 is 4.96. The number of nitrogen functional groups attached to an aromatic ring is 1. The molecule has 1 atom stereocenters. The van der Waals surface area contributed by atoms with Gasteiger partial charge >= 0.3 is 5.97 Å². The van der Waals surface area contributed by atoms with Crippen LogP contribution in [0.3, 0.4) is 0 Å². The fraction of sp³-hybridized carbons (Fsp3) is 0.500. The van der Waals surface area contributed by atoms with E-state index in [4.69, 9.17) is 15.7 Å². The topological polar surface area (TPSA) is 88.1 Å². The molecule has 0 aromatic carbocycles. The zero-order valence-corrected chi connectivity index (χ0v) is 11.6. The molecular weight excluding hydrogens is 250 g/mol. The fourth-order valence-electron chi connectivity index (χ4n) is 1.36. The summed E-state index contributed by atoms with van der Waals surface area (Å²) in [6.45, 7) is 6.03. The highest BCUT2D eigenvalue weighted by Gasteiger charge is 2.23. The van der Waals surface area contributed by atoms with Crippen LogP contribution in [-0.4, -0.2) is 18.6 Å². The zero-order valence-electron chi connectivity index (χ0n) is 10.7. The van der Waals surface area contributed by atoms with Crippen molar-refractivity contribution in [1.82, 2.24) is 0 Å². The Kier molecular flexibility index (Phi) is 4.98. The van der Waals surface area contributed by atoms with Crippen molar-refractivity contribution in [3.05, 3.63) is 10.4 Å². The number of rotatable bonds is 5. The predicted molar refractivity (Wildman–Crippen MR) is 72.8 cm³/mol. The quantitative estimate of drug-likeness (QED) is 0.800. The maximum Gasteiger partial charge on any atom is 0.343 e. The smallest absolute Gasteiger partial charge is 0.343 e. The lowest BCUT2D eigenvalue weighted by Crippen LogP contribution is -2.16. The van der Waals surface area contributed by atoms with Gasteiger partial charge in [-0.2, -0.15) is 5.26 Å². The summed E-state index contributed by atoms with van der Waals surface area (Å²) in [6, 6.07) is 2.19. The van der Waals surface area contributed by atoms with Crippen LogP contribution in [0, 0.1) is 11.3 Å². The molecule has 6 heteroatoms. The molecule has 0 aliphatic rings. The van der Waals surface area contributed by atoms with Crippen molar-refractivity contribution in [1.29, 1.82) is 5.26 Å². The Hall–Kier alpha value is -1.74. The molecule has 98 valence electrons. The Labute approximate surface area is 111 Å². The highest BCUT2D eigenvalue weighted by Crippen LogP contribution is 2.36. The van der Waals surface area contributed by atoms with Crippen LogP contribution in [0.5, 0.6) is 0 Å². The predicted octanol–water partition coefficient (Wildman–Crippen LogP) is 2.59. The number of hydrogen-bond acceptors (Lipinski definition) is 6. The van der Waals surface area contributed by atoms with E-state index in [1.807, 2.05) is 19.9 Å². The Bertz CT molecular complexity index is 476. The first-order chi connectivity index (χ1) is 8.54. The second kappa shape index (κ2) is 6.26. The molecule has 0 aliphatic carbocycles. The van der Waals surface area contributed by atoms with Crippen LogP contribution in [0.25, 0.3) is 0 Å². The van der Waals surface area contributed by atoms with Gasteiger partial charge in [-0.3, -0.25) is 0 Å². The number of nitriles is 1. The first kappa shape index (κ1) is 14.3. The molecule has 1 aromatic rings. The molecule has 0 aliphatic heterocycles. The first-order valence-electron chi connectivity index (χ1n) is 5.81. The highest BCUT2D eigenvalue weighted by molar-refractivity contribution is 7.17. The molecule has 0 amide bonds. The van der Waals surface area contributed by atoms with E-state index in [0.717, 1.165) is 6.42 Å². The van der Waals surface area contributed by atoms with Crippen molar-refractivity contribution < 1.29 is 9.53 Å². The van der Waals surface area contributed by atoms with E-state index >= 15 is 0 Å². The largest absolute Gasteiger partial charge is 0.462 e. The number of ether oxygens (including phenoxy) is 1. The lowest BCUT2D eigenvalue weighted by atomic mass is 10.2. The van der Waals surface area contributed by atoms with Crippen LogP contribution < -0.4 is 11.1 Å². The zero-order chi connectivity index (χ0) is 13.7. The average molecular weight is 267 g/mol. The lowest BCUT2D eigenvalue weighted by Gasteiger charge is -2.12. The van der Waals surface area contributed by atoms with Crippen LogP contribution in [-0.2, 0) is 4.74 Å². The lowest BCUT2D eigenvalue weighted by molar-refractivity contribution is 0.0529. The molecule has 0 bridgehead atoms. The van der Waals surface area contributed by atoms with E-state index < -0.39 is 5.97 Å². The number of nitrogens with zero attached hydrogens (tertiary/aromatic N) is 1. The molecule has 18 heavy (non-hydrogen) atoms. The molecule has 0 saturated carbocycles. The minimum atomic E-state index is -0.487. The van der Waals surface area contributed by atoms with E-state index in [0.29, 0.717) is 9.88 Å². The summed E-state index contributed by atoms with van der Waals surface area (Å²) in [7, 11) is 0. The van der Waals surface area contributed by atoms with Crippen molar-refractivity contribution in [2.45, 2.75) is 33.2 Å². The Morgan fingerprint density at radius 2 is 2.28 bits per heavy atom. The van der Waals surface area contributed by atoms with Crippen LogP contribution in [0.1, 0.15) is 42.4 Å². The number of thiophene rings is 1. The van der Waals surface area contributed by atoms with Gasteiger partial charge in [0.15, 0.2) is 0 Å². The number of nitrogens with one attached hydrogen (secondary N) is 1. The van der Waals surface area contributed by atoms with Gasteiger partial charge in [0, 0.05) is 6.04 Å². The molecule has 3 N–H and O–H groups in total. The van der Waals surface area contributed by atoms with Gasteiger partial charge in [0.25, 0.3) is 0 Å². The average Bonchev–Trinajstić information content (AvgIpc) is 2.65. The summed E-state index contributed by atoms with van der Waals surface area (Å²) in [5.74, 6) is -0.487. The van der Waals surface area contributed by atoms with Gasteiger partial charge in [-0.1, -0.05) is 6.92 Å². The highest BCUT2D eigenvalue weighted by atomic mass is 32.1. The molecule has 1 heterocycles. The van der Waals surface area contributed by atoms with E-state index in [1.54, 1.807) is 6.92 Å². The molecule has 1 unspecified atom stereocenters. The molecule has 0 radical (unpaired) electrons. The molecule has 0 spiro atoms. The fourth-order valence-corrected chi connectivity index (χ4v) is 2.38. The SMILES string of the molecule is CCOC(=O)c1c(NC(C)CC)sc(C#N)c1N. The van der Waals surface area contributed by atoms with Gasteiger partial charge in [-0.15, -0.1) is 11.3 Å². The van der Waals surface area contributed by atoms with Gasteiger partial charge in [-0.25, -0.2) is 4.79 Å². The summed E-state index contributed by atoms with van der Waals surface area (Å²) in [5, 5.41) is 12.7. The number of nitrogens with two attached hydrogens (primary N) is 1. The third kappa shape index (κ3) is 2.93.